The minimum absolute atomic E-state index is 0.0238. The highest BCUT2D eigenvalue weighted by Crippen LogP contribution is 2.37. The number of alkyl halides is 4. The molecule has 0 aliphatic heterocycles. The Hall–Kier alpha value is -1.23. The number of nitrogens with zero attached hydrogens (tertiary/aromatic N) is 1. The zero-order valence-electron chi connectivity index (χ0n) is 11.5. The molecule has 20 heavy (non-hydrogen) atoms. The highest BCUT2D eigenvalue weighted by molar-refractivity contribution is 6.32. The van der Waals surface area contributed by atoms with E-state index in [1.807, 2.05) is 13.8 Å². The van der Waals surface area contributed by atoms with Gasteiger partial charge >= 0.3 is 6.18 Å². The Morgan fingerprint density at radius 2 is 1.80 bits per heavy atom. The van der Waals surface area contributed by atoms with Crippen LogP contribution in [0.3, 0.4) is 0 Å². The second-order valence-corrected chi connectivity index (χ2v) is 5.63. The van der Waals surface area contributed by atoms with Crippen LogP contribution in [0.5, 0.6) is 0 Å². The summed E-state index contributed by atoms with van der Waals surface area (Å²) in [5.41, 5.74) is -0.975. The first-order valence-corrected chi connectivity index (χ1v) is 6.70. The lowest BCUT2D eigenvalue weighted by Gasteiger charge is -2.28. The molecule has 1 amide bonds. The molecule has 2 nitrogen and oxygen atoms in total. The Bertz CT molecular complexity index is 472. The molecule has 0 saturated carbocycles. The summed E-state index contributed by atoms with van der Waals surface area (Å²) in [6.07, 6.45) is -4.51. The van der Waals surface area contributed by atoms with Gasteiger partial charge in [-0.3, -0.25) is 4.79 Å². The van der Waals surface area contributed by atoms with Crippen molar-refractivity contribution in [2.45, 2.75) is 32.3 Å². The topological polar surface area (TPSA) is 20.3 Å². The molecule has 0 heterocycles. The van der Waals surface area contributed by atoms with Gasteiger partial charge in [-0.1, -0.05) is 26.0 Å². The average molecular weight is 308 g/mol. The highest BCUT2D eigenvalue weighted by atomic mass is 35.5. The predicted octanol–water partition coefficient (Wildman–Crippen LogP) is 4.32. The van der Waals surface area contributed by atoms with Gasteiger partial charge in [0.1, 0.15) is 5.38 Å². The fourth-order valence-corrected chi connectivity index (χ4v) is 1.95. The number of amides is 1. The normalized spacial score (nSPS) is 13.4. The summed E-state index contributed by atoms with van der Waals surface area (Å²) in [7, 11) is 0. The summed E-state index contributed by atoms with van der Waals surface area (Å²) in [5, 5.41) is -0.880. The van der Waals surface area contributed by atoms with Crippen LogP contribution in [0.2, 0.25) is 0 Å². The largest absolute Gasteiger partial charge is 0.418 e. The molecule has 0 aliphatic rings. The smallest absolute Gasteiger partial charge is 0.310 e. The van der Waals surface area contributed by atoms with E-state index < -0.39 is 23.0 Å². The van der Waals surface area contributed by atoms with Crippen molar-refractivity contribution >= 4 is 23.2 Å². The number of benzene rings is 1. The van der Waals surface area contributed by atoms with Crippen LogP contribution in [0.4, 0.5) is 18.9 Å². The maximum Gasteiger partial charge on any atom is 0.418 e. The average Bonchev–Trinajstić information content (AvgIpc) is 2.33. The van der Waals surface area contributed by atoms with Crippen molar-refractivity contribution < 1.29 is 18.0 Å². The minimum atomic E-state index is -4.51. The SMILES string of the molecule is CC(C)CN(C(=O)C(C)Cl)c1ccccc1C(F)(F)F. The molecule has 1 unspecified atom stereocenters. The summed E-state index contributed by atoms with van der Waals surface area (Å²) in [6.45, 7) is 5.29. The van der Waals surface area contributed by atoms with E-state index in [0.29, 0.717) is 0 Å². The van der Waals surface area contributed by atoms with E-state index in [2.05, 4.69) is 0 Å². The Labute approximate surface area is 121 Å². The maximum absolute atomic E-state index is 13.0. The van der Waals surface area contributed by atoms with Gasteiger partial charge in [-0.25, -0.2) is 0 Å². The van der Waals surface area contributed by atoms with Crippen LogP contribution in [-0.2, 0) is 11.0 Å². The molecular formula is C14H17ClF3NO. The van der Waals surface area contributed by atoms with Crippen LogP contribution in [0.15, 0.2) is 24.3 Å². The van der Waals surface area contributed by atoms with E-state index in [1.54, 1.807) is 0 Å². The first-order valence-electron chi connectivity index (χ1n) is 6.26. The Morgan fingerprint density at radius 1 is 1.25 bits per heavy atom. The van der Waals surface area contributed by atoms with Crippen molar-refractivity contribution in [2.24, 2.45) is 5.92 Å². The van der Waals surface area contributed by atoms with E-state index in [9.17, 15) is 18.0 Å². The van der Waals surface area contributed by atoms with Gasteiger partial charge in [-0.05, 0) is 25.0 Å². The molecular weight excluding hydrogens is 291 g/mol. The molecule has 0 bridgehead atoms. The number of hydrogen-bond donors (Lipinski definition) is 0. The fourth-order valence-electron chi connectivity index (χ4n) is 1.84. The number of carbonyl (C=O) groups excluding carboxylic acids is 1. The van der Waals surface area contributed by atoms with Gasteiger partial charge in [0, 0.05) is 6.54 Å². The molecule has 1 aromatic rings. The number of para-hydroxylation sites is 1. The molecule has 0 saturated heterocycles. The van der Waals surface area contributed by atoms with Gasteiger partial charge in [0.2, 0.25) is 5.91 Å². The van der Waals surface area contributed by atoms with Gasteiger partial charge < -0.3 is 4.90 Å². The van der Waals surface area contributed by atoms with Crippen LogP contribution in [0, 0.1) is 5.92 Å². The molecule has 0 spiro atoms. The van der Waals surface area contributed by atoms with Crippen LogP contribution in [-0.4, -0.2) is 17.8 Å². The first kappa shape index (κ1) is 16.8. The number of carbonyl (C=O) groups is 1. The van der Waals surface area contributed by atoms with Crippen LogP contribution in [0.1, 0.15) is 26.3 Å². The zero-order chi connectivity index (χ0) is 15.5. The van der Waals surface area contributed by atoms with E-state index in [1.165, 1.54) is 25.1 Å². The van der Waals surface area contributed by atoms with E-state index >= 15 is 0 Å². The molecule has 0 aromatic heterocycles. The second-order valence-electron chi connectivity index (χ2n) is 4.97. The zero-order valence-corrected chi connectivity index (χ0v) is 12.3. The van der Waals surface area contributed by atoms with Crippen molar-refractivity contribution in [2.75, 3.05) is 11.4 Å². The molecule has 6 heteroatoms. The van der Waals surface area contributed by atoms with Gasteiger partial charge in [0.25, 0.3) is 0 Å². The lowest BCUT2D eigenvalue weighted by molar-refractivity contribution is -0.137. The minimum Gasteiger partial charge on any atom is -0.310 e. The summed E-state index contributed by atoms with van der Waals surface area (Å²) in [5.74, 6) is -0.507. The van der Waals surface area contributed by atoms with E-state index in [4.69, 9.17) is 11.6 Å². The van der Waals surface area contributed by atoms with Crippen molar-refractivity contribution in [1.82, 2.24) is 0 Å². The highest BCUT2D eigenvalue weighted by Gasteiger charge is 2.36. The summed E-state index contributed by atoms with van der Waals surface area (Å²) < 4.78 is 39.1. The molecule has 0 fully saturated rings. The van der Waals surface area contributed by atoms with Crippen molar-refractivity contribution in [3.63, 3.8) is 0 Å². The third kappa shape index (κ3) is 4.13. The van der Waals surface area contributed by atoms with Gasteiger partial charge in [-0.2, -0.15) is 13.2 Å². The lowest BCUT2D eigenvalue weighted by Crippen LogP contribution is -2.39. The Kier molecular flexibility index (Phi) is 5.45. The molecule has 1 aromatic carbocycles. The molecule has 1 rings (SSSR count). The molecule has 1 atom stereocenters. The second kappa shape index (κ2) is 6.48. The third-order valence-electron chi connectivity index (χ3n) is 2.65. The molecule has 0 radical (unpaired) electrons. The predicted molar refractivity (Wildman–Crippen MR) is 74.0 cm³/mol. The standard InChI is InChI=1S/C14H17ClF3NO/c1-9(2)8-19(13(20)10(3)15)12-7-5-4-6-11(12)14(16,17)18/h4-7,9-10H,8H2,1-3H3. The fraction of sp³-hybridized carbons (Fsp3) is 0.500. The molecule has 0 N–H and O–H groups in total. The Morgan fingerprint density at radius 3 is 2.25 bits per heavy atom. The maximum atomic E-state index is 13.0. The number of halogens is 4. The quantitative estimate of drug-likeness (QED) is 0.759. The number of anilines is 1. The summed E-state index contributed by atoms with van der Waals surface area (Å²) >= 11 is 5.75. The van der Waals surface area contributed by atoms with E-state index in [0.717, 1.165) is 11.0 Å². The van der Waals surface area contributed by atoms with Gasteiger partial charge in [0.05, 0.1) is 11.3 Å². The van der Waals surface area contributed by atoms with E-state index in [-0.39, 0.29) is 18.2 Å². The van der Waals surface area contributed by atoms with Gasteiger partial charge in [0.15, 0.2) is 0 Å². The van der Waals surface area contributed by atoms with Gasteiger partial charge in [-0.15, -0.1) is 11.6 Å². The molecule has 0 aliphatic carbocycles. The van der Waals surface area contributed by atoms with Crippen molar-refractivity contribution in [3.8, 4) is 0 Å². The van der Waals surface area contributed by atoms with Crippen molar-refractivity contribution in [1.29, 1.82) is 0 Å². The summed E-state index contributed by atoms with van der Waals surface area (Å²) in [4.78, 5) is 13.2. The van der Waals surface area contributed by atoms with Crippen molar-refractivity contribution in [3.05, 3.63) is 29.8 Å². The Balaban J connectivity index is 3.31. The lowest BCUT2D eigenvalue weighted by atomic mass is 10.1. The summed E-state index contributed by atoms with van der Waals surface area (Å²) in [6, 6.07) is 5.04. The number of hydrogen-bond acceptors (Lipinski definition) is 1. The number of rotatable bonds is 4. The first-order chi connectivity index (χ1) is 9.14. The monoisotopic (exact) mass is 307 g/mol. The van der Waals surface area contributed by atoms with Crippen LogP contribution >= 0.6 is 11.6 Å². The van der Waals surface area contributed by atoms with Crippen LogP contribution in [0.25, 0.3) is 0 Å². The molecule has 112 valence electrons. The van der Waals surface area contributed by atoms with Crippen LogP contribution < -0.4 is 4.90 Å². The third-order valence-corrected chi connectivity index (χ3v) is 2.84.